The van der Waals surface area contributed by atoms with E-state index in [9.17, 15) is 29.1 Å². The van der Waals surface area contributed by atoms with Crippen molar-refractivity contribution in [2.24, 2.45) is 0 Å². The van der Waals surface area contributed by atoms with Gasteiger partial charge in [-0.2, -0.15) is 17.5 Å². The molecule has 0 aromatic heterocycles. The highest BCUT2D eigenvalue weighted by atomic mass is 32.1. The standard InChI is InChI=1S/C18H30N2O9S/c1-17(2,3)28-15(26)20(16(27)29-18(4,5)6)11(14(24)25)7-8-12(21)19-10(9-30)13(22)23/h10-11,30H,7-9H2,1-6H3,(H,19,21)(H,22,23)(H,24,25)/t10-,11-/m0/s1. The van der Waals surface area contributed by atoms with Crippen molar-refractivity contribution in [2.45, 2.75) is 77.7 Å². The molecule has 0 unspecified atom stereocenters. The van der Waals surface area contributed by atoms with Crippen LogP contribution in [-0.4, -0.2) is 74.2 Å². The molecule has 0 aromatic rings. The van der Waals surface area contributed by atoms with Gasteiger partial charge in [0.05, 0.1) is 0 Å². The Kier molecular flexibility index (Phi) is 10.1. The number of hydrogen-bond acceptors (Lipinski definition) is 8. The van der Waals surface area contributed by atoms with Gasteiger partial charge in [-0.3, -0.25) is 4.79 Å². The maximum Gasteiger partial charge on any atom is 0.420 e. The van der Waals surface area contributed by atoms with Crippen LogP contribution in [0.4, 0.5) is 9.59 Å². The largest absolute Gasteiger partial charge is 0.480 e. The number of ether oxygens (including phenoxy) is 2. The highest BCUT2D eigenvalue weighted by Crippen LogP contribution is 2.19. The zero-order valence-electron chi connectivity index (χ0n) is 17.9. The van der Waals surface area contributed by atoms with E-state index in [1.165, 1.54) is 41.5 Å². The van der Waals surface area contributed by atoms with Gasteiger partial charge in [0.2, 0.25) is 5.91 Å². The monoisotopic (exact) mass is 450 g/mol. The van der Waals surface area contributed by atoms with Gasteiger partial charge in [0.25, 0.3) is 0 Å². The first-order valence-electron chi connectivity index (χ1n) is 9.09. The molecule has 0 radical (unpaired) electrons. The van der Waals surface area contributed by atoms with Gasteiger partial charge in [-0.15, -0.1) is 0 Å². The molecule has 0 saturated carbocycles. The van der Waals surface area contributed by atoms with E-state index in [0.29, 0.717) is 4.90 Å². The van der Waals surface area contributed by atoms with Gasteiger partial charge >= 0.3 is 24.1 Å². The molecule has 0 aliphatic rings. The van der Waals surface area contributed by atoms with E-state index in [2.05, 4.69) is 17.9 Å². The van der Waals surface area contributed by atoms with Crippen molar-refractivity contribution in [1.29, 1.82) is 0 Å². The first-order valence-corrected chi connectivity index (χ1v) is 9.72. The van der Waals surface area contributed by atoms with Crippen molar-refractivity contribution in [2.75, 3.05) is 5.75 Å². The normalized spacial score (nSPS) is 13.6. The third-order valence-electron chi connectivity index (χ3n) is 3.24. The minimum absolute atomic E-state index is 0.175. The molecule has 0 aromatic carbocycles. The fourth-order valence-corrected chi connectivity index (χ4v) is 2.28. The summed E-state index contributed by atoms with van der Waals surface area (Å²) < 4.78 is 10.2. The van der Waals surface area contributed by atoms with Crippen LogP contribution in [0.2, 0.25) is 0 Å². The van der Waals surface area contributed by atoms with Gasteiger partial charge < -0.3 is 25.0 Å². The number of amides is 3. The van der Waals surface area contributed by atoms with Crippen molar-refractivity contribution in [3.63, 3.8) is 0 Å². The quantitative estimate of drug-likeness (QED) is 0.405. The SMILES string of the molecule is CC(C)(C)OC(=O)N(C(=O)OC(C)(C)C)[C@@H](CCC(=O)N[C@@H](CS)C(=O)O)C(=O)O. The predicted molar refractivity (Wildman–Crippen MR) is 108 cm³/mol. The highest BCUT2D eigenvalue weighted by molar-refractivity contribution is 7.80. The average Bonchev–Trinajstić information content (AvgIpc) is 2.51. The molecule has 172 valence electrons. The Labute approximate surface area is 180 Å². The Morgan fingerprint density at radius 1 is 0.900 bits per heavy atom. The molecule has 0 rings (SSSR count). The third-order valence-corrected chi connectivity index (χ3v) is 3.60. The van der Waals surface area contributed by atoms with Crippen molar-refractivity contribution in [3.05, 3.63) is 0 Å². The van der Waals surface area contributed by atoms with Crippen molar-refractivity contribution < 1.29 is 43.7 Å². The van der Waals surface area contributed by atoms with Crippen LogP contribution in [0.15, 0.2) is 0 Å². The van der Waals surface area contributed by atoms with Crippen LogP contribution in [0, 0.1) is 0 Å². The van der Waals surface area contributed by atoms with E-state index in [0.717, 1.165) is 0 Å². The van der Waals surface area contributed by atoms with Gasteiger partial charge in [-0.1, -0.05) is 0 Å². The first kappa shape index (κ1) is 27.5. The van der Waals surface area contributed by atoms with Crippen LogP contribution in [0.1, 0.15) is 54.4 Å². The molecule has 0 aliphatic carbocycles. The van der Waals surface area contributed by atoms with Crippen LogP contribution >= 0.6 is 12.6 Å². The summed E-state index contributed by atoms with van der Waals surface area (Å²) in [5.74, 6) is -3.83. The molecule has 3 N–H and O–H groups in total. The minimum Gasteiger partial charge on any atom is -0.480 e. The molecule has 30 heavy (non-hydrogen) atoms. The molecule has 0 heterocycles. The summed E-state index contributed by atoms with van der Waals surface area (Å²) >= 11 is 3.82. The predicted octanol–water partition coefficient (Wildman–Crippen LogP) is 1.89. The number of carbonyl (C=O) groups is 5. The number of nitrogens with zero attached hydrogens (tertiary/aromatic N) is 1. The van der Waals surface area contributed by atoms with Gasteiger partial charge in [0, 0.05) is 12.2 Å². The van der Waals surface area contributed by atoms with Crippen molar-refractivity contribution in [3.8, 4) is 0 Å². The number of rotatable bonds is 8. The van der Waals surface area contributed by atoms with Crippen LogP contribution < -0.4 is 5.32 Å². The number of nitrogens with one attached hydrogen (secondary N) is 1. The number of carboxylic acid groups (broad SMARTS) is 2. The lowest BCUT2D eigenvalue weighted by Crippen LogP contribution is -2.52. The first-order chi connectivity index (χ1) is 13.5. The Morgan fingerprint density at radius 3 is 1.63 bits per heavy atom. The molecule has 11 nitrogen and oxygen atoms in total. The van der Waals surface area contributed by atoms with Crippen LogP contribution in [0.25, 0.3) is 0 Å². The average molecular weight is 451 g/mol. The van der Waals surface area contributed by atoms with Crippen LogP contribution in [0.5, 0.6) is 0 Å². The third kappa shape index (κ3) is 10.3. The molecule has 0 bridgehead atoms. The molecule has 3 amide bonds. The van der Waals surface area contributed by atoms with Crippen molar-refractivity contribution in [1.82, 2.24) is 10.2 Å². The van der Waals surface area contributed by atoms with Crippen LogP contribution in [0.3, 0.4) is 0 Å². The van der Waals surface area contributed by atoms with Gasteiger partial charge in [0.15, 0.2) is 0 Å². The summed E-state index contributed by atoms with van der Waals surface area (Å²) in [5, 5.41) is 20.7. The molecule has 0 spiro atoms. The molecule has 0 saturated heterocycles. The number of imide groups is 1. The second-order valence-electron chi connectivity index (χ2n) is 8.36. The van der Waals surface area contributed by atoms with Gasteiger partial charge in [0.1, 0.15) is 23.3 Å². The van der Waals surface area contributed by atoms with Crippen molar-refractivity contribution >= 4 is 42.7 Å². The maximum atomic E-state index is 12.5. The Morgan fingerprint density at radius 2 is 1.33 bits per heavy atom. The Balaban J connectivity index is 5.61. The van der Waals surface area contributed by atoms with E-state index in [4.69, 9.17) is 14.6 Å². The zero-order valence-corrected chi connectivity index (χ0v) is 18.8. The number of aliphatic carboxylic acids is 2. The summed E-state index contributed by atoms with van der Waals surface area (Å²) in [5.41, 5.74) is -2.06. The summed E-state index contributed by atoms with van der Waals surface area (Å²) in [6.07, 6.45) is -3.46. The van der Waals surface area contributed by atoms with Crippen LogP contribution in [-0.2, 0) is 23.9 Å². The topological polar surface area (TPSA) is 160 Å². The van der Waals surface area contributed by atoms with E-state index in [-0.39, 0.29) is 5.75 Å². The lowest BCUT2D eigenvalue weighted by atomic mass is 10.1. The van der Waals surface area contributed by atoms with E-state index in [1.54, 1.807) is 0 Å². The second kappa shape index (κ2) is 11.0. The molecule has 0 aliphatic heterocycles. The fraction of sp³-hybridized carbons (Fsp3) is 0.722. The van der Waals surface area contributed by atoms with E-state index < -0.39 is 66.2 Å². The summed E-state index contributed by atoms with van der Waals surface area (Å²) in [7, 11) is 0. The lowest BCUT2D eigenvalue weighted by molar-refractivity contribution is -0.144. The zero-order chi connectivity index (χ0) is 23.9. The fourth-order valence-electron chi connectivity index (χ4n) is 2.03. The number of carbonyl (C=O) groups excluding carboxylic acids is 3. The summed E-state index contributed by atoms with van der Waals surface area (Å²) in [6.45, 7) is 9.20. The lowest BCUT2D eigenvalue weighted by Gasteiger charge is -2.31. The van der Waals surface area contributed by atoms with E-state index in [1.807, 2.05) is 0 Å². The summed E-state index contributed by atoms with van der Waals surface area (Å²) in [4.78, 5) is 60.2. The number of carboxylic acids is 2. The maximum absolute atomic E-state index is 12.5. The minimum atomic E-state index is -1.78. The molecular weight excluding hydrogens is 420 g/mol. The molecule has 0 fully saturated rings. The van der Waals surface area contributed by atoms with Gasteiger partial charge in [-0.05, 0) is 48.0 Å². The number of hydrogen-bond donors (Lipinski definition) is 4. The smallest absolute Gasteiger partial charge is 0.420 e. The Bertz CT molecular complexity index is 640. The molecule has 12 heteroatoms. The highest BCUT2D eigenvalue weighted by Gasteiger charge is 2.40. The Hall–Kier alpha value is -2.50. The molecular formula is C18H30N2O9S. The molecule has 2 atom stereocenters. The summed E-state index contributed by atoms with van der Waals surface area (Å²) in [6, 6.07) is -3.04. The van der Waals surface area contributed by atoms with E-state index >= 15 is 0 Å². The second-order valence-corrected chi connectivity index (χ2v) is 8.73. The van der Waals surface area contributed by atoms with Gasteiger partial charge in [-0.25, -0.2) is 19.2 Å². The number of thiol groups is 1.